The summed E-state index contributed by atoms with van der Waals surface area (Å²) in [4.78, 5) is 32.2. The number of rotatable bonds is 8. The average molecular weight is 585 g/mol. The molecule has 1 aliphatic heterocycles. The molecule has 2 aliphatic carbocycles. The smallest absolute Gasteiger partial charge is 0.365 e. The summed E-state index contributed by atoms with van der Waals surface area (Å²) in [7, 11) is 0. The van der Waals surface area contributed by atoms with Gasteiger partial charge in [-0.25, -0.2) is 14.8 Å². The molecule has 3 aromatic heterocycles. The molecule has 4 aromatic rings. The molecule has 2 unspecified atom stereocenters. The molecule has 228 valence electrons. The highest BCUT2D eigenvalue weighted by Crippen LogP contribution is 2.41. The largest absolute Gasteiger partial charge is 0.439 e. The van der Waals surface area contributed by atoms with Gasteiger partial charge in [0.05, 0.1) is 6.04 Å². The van der Waals surface area contributed by atoms with Crippen molar-refractivity contribution in [3.8, 4) is 11.6 Å². The van der Waals surface area contributed by atoms with Gasteiger partial charge < -0.3 is 14.8 Å². The van der Waals surface area contributed by atoms with Crippen LogP contribution in [0.1, 0.15) is 90.2 Å². The van der Waals surface area contributed by atoms with Crippen LogP contribution in [0.2, 0.25) is 0 Å². The van der Waals surface area contributed by atoms with Crippen molar-refractivity contribution < 1.29 is 4.52 Å². The third kappa shape index (κ3) is 5.68. The van der Waals surface area contributed by atoms with Crippen molar-refractivity contribution in [2.45, 2.75) is 97.2 Å². The number of benzene rings is 1. The highest BCUT2D eigenvalue weighted by atomic mass is 16.5. The number of fused-ring (bicyclic) bond motifs is 1. The van der Waals surface area contributed by atoms with Gasteiger partial charge in [-0.15, -0.1) is 0 Å². The maximum absolute atomic E-state index is 11.8. The minimum absolute atomic E-state index is 0.220. The van der Waals surface area contributed by atoms with Crippen molar-refractivity contribution in [2.24, 2.45) is 23.7 Å². The lowest BCUT2D eigenvalue weighted by atomic mass is 9.80. The summed E-state index contributed by atoms with van der Waals surface area (Å²) in [6, 6.07) is 11.3. The van der Waals surface area contributed by atoms with Crippen LogP contribution in [-0.2, 0) is 6.54 Å². The molecule has 0 amide bonds. The molecule has 3 atom stereocenters. The molecular formula is C33H44N8O2. The van der Waals surface area contributed by atoms with Gasteiger partial charge in [-0.1, -0.05) is 68.6 Å². The Kier molecular flexibility index (Phi) is 7.69. The lowest BCUT2D eigenvalue weighted by Gasteiger charge is -2.40. The summed E-state index contributed by atoms with van der Waals surface area (Å²) >= 11 is 0. The fraction of sp³-hybridized carbons (Fsp3) is 0.606. The molecule has 2 N–H and O–H groups in total. The van der Waals surface area contributed by atoms with Crippen LogP contribution < -0.4 is 16.0 Å². The van der Waals surface area contributed by atoms with E-state index in [2.05, 4.69) is 76.0 Å². The van der Waals surface area contributed by atoms with Crippen molar-refractivity contribution in [1.82, 2.24) is 29.7 Å². The Morgan fingerprint density at radius 1 is 1.00 bits per heavy atom. The predicted molar refractivity (Wildman–Crippen MR) is 168 cm³/mol. The minimum atomic E-state index is -0.623. The van der Waals surface area contributed by atoms with Gasteiger partial charge in [0.1, 0.15) is 5.52 Å². The zero-order valence-corrected chi connectivity index (χ0v) is 25.6. The van der Waals surface area contributed by atoms with Crippen LogP contribution in [0.25, 0.3) is 22.8 Å². The number of H-pyrrole nitrogens is 1. The van der Waals surface area contributed by atoms with E-state index < -0.39 is 5.76 Å². The van der Waals surface area contributed by atoms with Crippen molar-refractivity contribution in [3.63, 3.8) is 0 Å². The monoisotopic (exact) mass is 584 g/mol. The first-order valence-electron chi connectivity index (χ1n) is 16.4. The van der Waals surface area contributed by atoms with Crippen LogP contribution in [0.4, 0.5) is 11.8 Å². The Morgan fingerprint density at radius 3 is 2.49 bits per heavy atom. The van der Waals surface area contributed by atoms with Gasteiger partial charge >= 0.3 is 5.76 Å². The third-order valence-electron chi connectivity index (χ3n) is 10.3. The number of piperidine rings is 1. The molecule has 3 aliphatic rings. The maximum atomic E-state index is 11.8. The number of nitrogens with one attached hydrogen (secondary N) is 2. The number of hydrogen-bond acceptors (Lipinski definition) is 8. The summed E-state index contributed by atoms with van der Waals surface area (Å²) < 4.78 is 7.25. The number of imidazole rings is 1. The molecule has 43 heavy (non-hydrogen) atoms. The van der Waals surface area contributed by atoms with Crippen molar-refractivity contribution in [2.75, 3.05) is 16.8 Å². The third-order valence-corrected chi connectivity index (χ3v) is 10.3. The first-order valence-corrected chi connectivity index (χ1v) is 16.4. The van der Waals surface area contributed by atoms with Gasteiger partial charge in [0, 0.05) is 19.1 Å². The number of hydrogen-bond donors (Lipinski definition) is 2. The molecule has 0 bridgehead atoms. The minimum Gasteiger partial charge on any atom is -0.365 e. The summed E-state index contributed by atoms with van der Waals surface area (Å²) in [5, 5.41) is 7.69. The van der Waals surface area contributed by atoms with Gasteiger partial charge in [0.25, 0.3) is 0 Å². The Bertz CT molecular complexity index is 1600. The maximum Gasteiger partial charge on any atom is 0.439 e. The van der Waals surface area contributed by atoms with Gasteiger partial charge in [-0.2, -0.15) is 4.98 Å². The van der Waals surface area contributed by atoms with E-state index in [-0.39, 0.29) is 17.9 Å². The van der Waals surface area contributed by atoms with E-state index in [1.54, 1.807) is 0 Å². The second-order valence-electron chi connectivity index (χ2n) is 13.5. The van der Waals surface area contributed by atoms with E-state index in [4.69, 9.17) is 19.5 Å². The molecule has 3 fully saturated rings. The second kappa shape index (κ2) is 11.8. The first kappa shape index (κ1) is 28.1. The normalized spacial score (nSPS) is 25.5. The molecule has 7 rings (SSSR count). The van der Waals surface area contributed by atoms with Gasteiger partial charge in [0.15, 0.2) is 11.5 Å². The van der Waals surface area contributed by atoms with Crippen LogP contribution in [0, 0.1) is 23.7 Å². The summed E-state index contributed by atoms with van der Waals surface area (Å²) in [6.07, 6.45) is 10.9. The Labute approximate surface area is 252 Å². The number of aromatic amines is 1. The molecule has 4 heterocycles. The molecule has 1 aromatic carbocycles. The van der Waals surface area contributed by atoms with E-state index in [9.17, 15) is 4.79 Å². The second-order valence-corrected chi connectivity index (χ2v) is 13.5. The van der Waals surface area contributed by atoms with Crippen LogP contribution >= 0.6 is 0 Å². The molecule has 1 saturated heterocycles. The molecular weight excluding hydrogens is 540 g/mol. The summed E-state index contributed by atoms with van der Waals surface area (Å²) in [6.45, 7) is 8.81. The SMILES string of the molecule is CC1CCC(Cn2c(N3CCC(C)CC3c3ccccc3)nc3nc(-c4noc(=O)[nH]4)nc(N[C@H](C)C4CCC4)c32)CC1. The summed E-state index contributed by atoms with van der Waals surface area (Å²) in [5.74, 6) is 4.25. The molecule has 0 radical (unpaired) electrons. The molecule has 2 saturated carbocycles. The van der Waals surface area contributed by atoms with Gasteiger partial charge in [0.2, 0.25) is 17.6 Å². The Hall–Kier alpha value is -3.69. The molecule has 10 nitrogen and oxygen atoms in total. The van der Waals surface area contributed by atoms with E-state index in [0.717, 1.165) is 49.1 Å². The Balaban J connectivity index is 1.38. The standard InChI is InChI=1S/C33H44N8O2/c1-20-12-14-23(15-13-20)19-41-27-28(34-22(3)24-10-7-11-24)35-30(31-38-33(42)43-39-31)36-29(27)37-32(41)40-17-16-21(2)18-26(40)25-8-5-4-6-9-25/h4-6,8-9,20-24,26H,7,10-19H2,1-3H3,(H,34,35,36)(H,38,39,42)/t20?,21?,22-,23?,26?/m1/s1. The number of nitrogens with zero attached hydrogens (tertiary/aromatic N) is 6. The van der Waals surface area contributed by atoms with Crippen LogP contribution in [0.3, 0.4) is 0 Å². The van der Waals surface area contributed by atoms with E-state index in [1.807, 2.05) is 0 Å². The van der Waals surface area contributed by atoms with Crippen molar-refractivity contribution in [3.05, 3.63) is 46.4 Å². The van der Waals surface area contributed by atoms with E-state index >= 15 is 0 Å². The number of anilines is 2. The van der Waals surface area contributed by atoms with E-state index in [1.165, 1.54) is 50.5 Å². The van der Waals surface area contributed by atoms with E-state index in [0.29, 0.717) is 29.2 Å². The average Bonchev–Trinajstić information content (AvgIpc) is 3.57. The van der Waals surface area contributed by atoms with Crippen molar-refractivity contribution in [1.29, 1.82) is 0 Å². The van der Waals surface area contributed by atoms with Gasteiger partial charge in [-0.05, 0) is 74.7 Å². The Morgan fingerprint density at radius 2 is 1.79 bits per heavy atom. The highest BCUT2D eigenvalue weighted by molar-refractivity contribution is 5.87. The van der Waals surface area contributed by atoms with Crippen LogP contribution in [0.5, 0.6) is 0 Å². The van der Waals surface area contributed by atoms with Crippen LogP contribution in [0.15, 0.2) is 39.6 Å². The predicted octanol–water partition coefficient (Wildman–Crippen LogP) is 6.57. The van der Waals surface area contributed by atoms with Crippen molar-refractivity contribution >= 4 is 22.9 Å². The molecule has 0 spiro atoms. The number of aromatic nitrogens is 6. The van der Waals surface area contributed by atoms with Gasteiger partial charge in [-0.3, -0.25) is 9.51 Å². The fourth-order valence-corrected chi connectivity index (χ4v) is 7.36. The first-order chi connectivity index (χ1) is 20.9. The zero-order chi connectivity index (χ0) is 29.5. The van der Waals surface area contributed by atoms with Crippen LogP contribution in [-0.4, -0.2) is 42.2 Å². The fourth-order valence-electron chi connectivity index (χ4n) is 7.36. The lowest BCUT2D eigenvalue weighted by Crippen LogP contribution is -2.38. The topological polar surface area (TPSA) is 118 Å². The quantitative estimate of drug-likeness (QED) is 0.239. The highest BCUT2D eigenvalue weighted by Gasteiger charge is 2.34. The molecule has 10 heteroatoms. The summed E-state index contributed by atoms with van der Waals surface area (Å²) in [5.41, 5.74) is 2.89. The lowest BCUT2D eigenvalue weighted by molar-refractivity contribution is 0.265. The zero-order valence-electron chi connectivity index (χ0n) is 25.6.